The molecule has 0 unspecified atom stereocenters. The lowest BCUT2D eigenvalue weighted by Crippen LogP contribution is -2.36. The lowest BCUT2D eigenvalue weighted by Gasteiger charge is -2.30. The van der Waals surface area contributed by atoms with Gasteiger partial charge in [0.25, 0.3) is 0 Å². The molecule has 5 rings (SSSR count). The fourth-order valence-electron chi connectivity index (χ4n) is 4.89. The van der Waals surface area contributed by atoms with E-state index in [0.717, 1.165) is 40.4 Å². The summed E-state index contributed by atoms with van der Waals surface area (Å²) in [6.07, 6.45) is 6.61. The molecule has 0 aliphatic carbocycles. The number of alkyl halides is 3. The molecule has 0 radical (unpaired) electrons. The minimum Gasteiger partial charge on any atom is -0.434 e. The average Bonchev–Trinajstić information content (AvgIpc) is 3.56. The van der Waals surface area contributed by atoms with Gasteiger partial charge in [0.05, 0.1) is 14.9 Å². The van der Waals surface area contributed by atoms with Crippen molar-refractivity contribution in [2.45, 2.75) is 38.2 Å². The van der Waals surface area contributed by atoms with Gasteiger partial charge in [0, 0.05) is 67.0 Å². The number of aromatic nitrogens is 3. The van der Waals surface area contributed by atoms with Crippen LogP contribution in [0.1, 0.15) is 47.7 Å². The Morgan fingerprint density at radius 3 is 2.71 bits per heavy atom. The third-order valence-corrected chi connectivity index (χ3v) is 8.44. The monoisotopic (exact) mass is 566 g/mol. The molecule has 0 spiro atoms. The van der Waals surface area contributed by atoms with Gasteiger partial charge in [-0.05, 0) is 36.6 Å². The number of thiazole rings is 1. The van der Waals surface area contributed by atoms with Crippen LogP contribution in [0.25, 0.3) is 21.5 Å². The number of H-pyrrole nitrogens is 1. The molecule has 1 atom stereocenters. The summed E-state index contributed by atoms with van der Waals surface area (Å²) < 4.78 is 59.4. The van der Waals surface area contributed by atoms with E-state index in [1.165, 1.54) is 17.5 Å². The smallest absolute Gasteiger partial charge is 0.387 e. The Hall–Kier alpha value is -3.18. The Labute approximate surface area is 224 Å². The molecule has 1 aliphatic rings. The molecule has 4 aromatic rings. The van der Waals surface area contributed by atoms with Crippen molar-refractivity contribution in [2.24, 2.45) is 0 Å². The lowest BCUT2D eigenvalue weighted by molar-refractivity contribution is -0.129. The number of halogens is 5. The first kappa shape index (κ1) is 26.4. The van der Waals surface area contributed by atoms with Gasteiger partial charge in [0.1, 0.15) is 23.9 Å². The van der Waals surface area contributed by atoms with E-state index in [2.05, 4.69) is 19.7 Å². The molecule has 0 saturated carbocycles. The number of aromatic amines is 1. The molecule has 1 N–H and O–H groups in total. The predicted molar refractivity (Wildman–Crippen MR) is 137 cm³/mol. The average molecular weight is 567 g/mol. The second-order valence-corrected chi connectivity index (χ2v) is 10.5. The van der Waals surface area contributed by atoms with Crippen molar-refractivity contribution in [3.63, 3.8) is 0 Å². The number of hydrogen-bond donors (Lipinski definition) is 1. The van der Waals surface area contributed by atoms with Crippen molar-refractivity contribution in [3.05, 3.63) is 63.8 Å². The summed E-state index contributed by atoms with van der Waals surface area (Å²) in [6, 6.07) is 3.73. The highest BCUT2D eigenvalue weighted by molar-refractivity contribution is 7.15. The van der Waals surface area contributed by atoms with E-state index in [1.807, 2.05) is 11.0 Å². The molecule has 200 valence electrons. The van der Waals surface area contributed by atoms with Crippen molar-refractivity contribution < 1.29 is 27.1 Å². The van der Waals surface area contributed by atoms with Crippen LogP contribution >= 0.6 is 22.9 Å². The molecule has 1 amide bonds. The largest absolute Gasteiger partial charge is 0.434 e. The van der Waals surface area contributed by atoms with E-state index in [0.29, 0.717) is 29.7 Å². The van der Waals surface area contributed by atoms with Crippen molar-refractivity contribution in [2.75, 3.05) is 19.8 Å². The van der Waals surface area contributed by atoms with Crippen LogP contribution in [0, 0.1) is 5.82 Å². The Kier molecular flexibility index (Phi) is 7.58. The number of nitrogens with one attached hydrogen (secondary N) is 1. The number of rotatable bonds is 7. The first-order chi connectivity index (χ1) is 18.3. The summed E-state index contributed by atoms with van der Waals surface area (Å²) in [5.41, 5.74) is 1.38. The molecule has 1 fully saturated rings. The van der Waals surface area contributed by atoms with Crippen LogP contribution in [-0.4, -0.2) is 52.1 Å². The van der Waals surface area contributed by atoms with Crippen LogP contribution in [0.3, 0.4) is 0 Å². The Morgan fingerprint density at radius 2 is 2.03 bits per heavy atom. The molecule has 12 heteroatoms. The summed E-state index contributed by atoms with van der Waals surface area (Å²) in [5, 5.41) is 1.03. The van der Waals surface area contributed by atoms with Crippen LogP contribution in [0.15, 0.2) is 36.8 Å². The van der Waals surface area contributed by atoms with Gasteiger partial charge < -0.3 is 14.6 Å². The van der Waals surface area contributed by atoms with Crippen LogP contribution in [0.5, 0.6) is 5.75 Å². The Morgan fingerprint density at radius 1 is 1.26 bits per heavy atom. The van der Waals surface area contributed by atoms with Gasteiger partial charge in [-0.3, -0.25) is 9.18 Å². The van der Waals surface area contributed by atoms with Crippen LogP contribution < -0.4 is 4.74 Å². The van der Waals surface area contributed by atoms with Gasteiger partial charge in [-0.25, -0.2) is 14.4 Å². The number of carbonyl (C=O) groups is 1. The highest BCUT2D eigenvalue weighted by Crippen LogP contribution is 2.42. The number of hydrogen-bond acceptors (Lipinski definition) is 5. The highest BCUT2D eigenvalue weighted by atomic mass is 35.5. The van der Waals surface area contributed by atoms with Gasteiger partial charge in [-0.15, -0.1) is 11.3 Å². The van der Waals surface area contributed by atoms with Crippen LogP contribution in [-0.2, 0) is 4.79 Å². The minimum atomic E-state index is -3.19. The quantitative estimate of drug-likeness (QED) is 0.247. The van der Waals surface area contributed by atoms with E-state index in [-0.39, 0.29) is 17.4 Å². The zero-order chi connectivity index (χ0) is 27.0. The number of likely N-dealkylation sites (tertiary alicyclic amines) is 1. The second kappa shape index (κ2) is 10.9. The Bertz CT molecular complexity index is 1470. The number of nitrogens with zero attached hydrogens (tertiary/aromatic N) is 3. The van der Waals surface area contributed by atoms with Crippen molar-refractivity contribution in [3.8, 4) is 16.2 Å². The molecule has 0 bridgehead atoms. The molecule has 38 heavy (non-hydrogen) atoms. The van der Waals surface area contributed by atoms with E-state index >= 15 is 0 Å². The summed E-state index contributed by atoms with van der Waals surface area (Å²) >= 11 is 7.66. The number of amides is 1. The summed E-state index contributed by atoms with van der Waals surface area (Å²) in [5.74, 6) is -2.12. The van der Waals surface area contributed by atoms with Crippen LogP contribution in [0.2, 0.25) is 5.02 Å². The number of fused-ring (bicyclic) bond motifs is 1. The standard InChI is InChI=1S/C26H23ClF4N4O2S/c1-13(36)35-6-4-14(5-7-35)25-34-12-21(38-25)15-8-16-18(11-33-24(16)32-10-15)17(9-28)22-20(37-26(30)31)3-2-19(29)23(22)27/h2-3,8,10-12,14,17,26H,4-7,9H2,1H3,(H,32,33)/t17-/m1/s1. The Balaban J connectivity index is 1.48. The number of piperidine rings is 1. The van der Waals surface area contributed by atoms with Gasteiger partial charge >= 0.3 is 6.61 Å². The highest BCUT2D eigenvalue weighted by Gasteiger charge is 2.28. The summed E-state index contributed by atoms with van der Waals surface area (Å²) in [7, 11) is 0. The zero-order valence-corrected chi connectivity index (χ0v) is 21.8. The lowest BCUT2D eigenvalue weighted by atomic mass is 9.91. The number of ether oxygens (including phenoxy) is 1. The molecule has 1 aliphatic heterocycles. The first-order valence-electron chi connectivity index (χ1n) is 11.9. The molecule has 1 saturated heterocycles. The molecular formula is C26H23ClF4N4O2S. The predicted octanol–water partition coefficient (Wildman–Crippen LogP) is 6.91. The molecule has 3 aromatic heterocycles. The molecular weight excluding hydrogens is 544 g/mol. The minimum absolute atomic E-state index is 0.0731. The SMILES string of the molecule is CC(=O)N1CCC(c2ncc(-c3cnc4[nH]cc([C@@H](CF)c5c(OC(F)F)ccc(F)c5Cl)c4c3)s2)CC1. The third kappa shape index (κ3) is 5.09. The van der Waals surface area contributed by atoms with Gasteiger partial charge in [0.15, 0.2) is 0 Å². The maximum atomic E-state index is 14.5. The first-order valence-corrected chi connectivity index (χ1v) is 13.1. The van der Waals surface area contributed by atoms with E-state index in [9.17, 15) is 22.4 Å². The maximum absolute atomic E-state index is 14.5. The van der Waals surface area contributed by atoms with E-state index in [1.54, 1.807) is 19.3 Å². The fraction of sp³-hybridized carbons (Fsp3) is 0.346. The van der Waals surface area contributed by atoms with Gasteiger partial charge in [-0.1, -0.05) is 11.6 Å². The van der Waals surface area contributed by atoms with E-state index in [4.69, 9.17) is 11.6 Å². The second-order valence-electron chi connectivity index (χ2n) is 9.07. The summed E-state index contributed by atoms with van der Waals surface area (Å²) in [4.78, 5) is 26.3. The number of pyridine rings is 1. The molecule has 1 aromatic carbocycles. The third-order valence-electron chi connectivity index (χ3n) is 6.85. The zero-order valence-electron chi connectivity index (χ0n) is 20.2. The van der Waals surface area contributed by atoms with Crippen molar-refractivity contribution >= 4 is 39.9 Å². The topological polar surface area (TPSA) is 71.1 Å². The van der Waals surface area contributed by atoms with Gasteiger partial charge in [0.2, 0.25) is 5.91 Å². The number of carbonyl (C=O) groups excluding carboxylic acids is 1. The fourth-order valence-corrected chi connectivity index (χ4v) is 6.24. The molecule has 6 nitrogen and oxygen atoms in total. The molecule has 4 heterocycles. The van der Waals surface area contributed by atoms with Gasteiger partial charge in [-0.2, -0.15) is 8.78 Å². The number of benzene rings is 1. The van der Waals surface area contributed by atoms with Crippen LogP contribution in [0.4, 0.5) is 17.6 Å². The summed E-state index contributed by atoms with van der Waals surface area (Å²) in [6.45, 7) is -1.27. The maximum Gasteiger partial charge on any atom is 0.387 e. The van der Waals surface area contributed by atoms with Crippen molar-refractivity contribution in [1.29, 1.82) is 0 Å². The van der Waals surface area contributed by atoms with E-state index < -0.39 is 35.8 Å². The van der Waals surface area contributed by atoms with Crippen molar-refractivity contribution in [1.82, 2.24) is 19.9 Å². The normalized spacial score (nSPS) is 15.4.